The molecule has 1 heterocycles. The van der Waals surface area contributed by atoms with Crippen molar-refractivity contribution in [3.63, 3.8) is 0 Å². The summed E-state index contributed by atoms with van der Waals surface area (Å²) in [6.45, 7) is 11.7. The minimum absolute atomic E-state index is 0.190. The molecule has 0 radical (unpaired) electrons. The van der Waals surface area contributed by atoms with Gasteiger partial charge in [-0.25, -0.2) is 4.79 Å². The van der Waals surface area contributed by atoms with Gasteiger partial charge in [0.1, 0.15) is 5.60 Å². The molecule has 1 unspecified atom stereocenters. The maximum atomic E-state index is 12.1. The fourth-order valence-corrected chi connectivity index (χ4v) is 2.70. The highest BCUT2D eigenvalue weighted by Crippen LogP contribution is 2.30. The average molecular weight is 289 g/mol. The Bertz CT molecular complexity index is 502. The van der Waals surface area contributed by atoms with Crippen LogP contribution in [-0.4, -0.2) is 29.7 Å². The molecule has 1 aliphatic rings. The van der Waals surface area contributed by atoms with Gasteiger partial charge in [-0.05, 0) is 44.2 Å². The van der Waals surface area contributed by atoms with Crippen LogP contribution in [0.1, 0.15) is 64.0 Å². The first-order valence-corrected chi connectivity index (χ1v) is 7.84. The monoisotopic (exact) mass is 289 g/mol. The third-order valence-corrected chi connectivity index (χ3v) is 3.89. The van der Waals surface area contributed by atoms with Gasteiger partial charge in [0.05, 0.1) is 0 Å². The van der Waals surface area contributed by atoms with E-state index in [4.69, 9.17) is 4.74 Å². The van der Waals surface area contributed by atoms with E-state index in [0.29, 0.717) is 11.8 Å². The number of rotatable bonds is 2. The maximum Gasteiger partial charge on any atom is 0.410 e. The number of carbonyl (C=O) groups is 1. The average Bonchev–Trinajstić information content (AvgIpc) is 2.86. The zero-order valence-electron chi connectivity index (χ0n) is 13.8. The molecule has 1 amide bonds. The van der Waals surface area contributed by atoms with Crippen molar-refractivity contribution in [3.05, 3.63) is 35.4 Å². The third-order valence-electron chi connectivity index (χ3n) is 3.89. The summed E-state index contributed by atoms with van der Waals surface area (Å²) in [7, 11) is 0. The van der Waals surface area contributed by atoms with Crippen LogP contribution in [-0.2, 0) is 4.74 Å². The topological polar surface area (TPSA) is 29.5 Å². The Labute approximate surface area is 128 Å². The summed E-state index contributed by atoms with van der Waals surface area (Å²) < 4.78 is 5.45. The van der Waals surface area contributed by atoms with Crippen molar-refractivity contribution in [1.82, 2.24) is 4.90 Å². The van der Waals surface area contributed by atoms with Gasteiger partial charge in [0.15, 0.2) is 0 Å². The van der Waals surface area contributed by atoms with Crippen molar-refractivity contribution in [3.8, 4) is 0 Å². The second kappa shape index (κ2) is 6.08. The van der Waals surface area contributed by atoms with E-state index in [1.807, 2.05) is 25.7 Å². The highest BCUT2D eigenvalue weighted by molar-refractivity contribution is 5.68. The quantitative estimate of drug-likeness (QED) is 0.800. The molecule has 1 aliphatic heterocycles. The van der Waals surface area contributed by atoms with Gasteiger partial charge < -0.3 is 9.64 Å². The number of amides is 1. The molecule has 1 atom stereocenters. The molecule has 2 rings (SSSR count). The van der Waals surface area contributed by atoms with Crippen molar-refractivity contribution in [2.45, 2.75) is 58.5 Å². The van der Waals surface area contributed by atoms with E-state index in [1.54, 1.807) is 0 Å². The van der Waals surface area contributed by atoms with Crippen molar-refractivity contribution in [2.24, 2.45) is 0 Å². The van der Waals surface area contributed by atoms with Gasteiger partial charge in [0, 0.05) is 19.0 Å². The van der Waals surface area contributed by atoms with E-state index < -0.39 is 5.60 Å². The van der Waals surface area contributed by atoms with Crippen molar-refractivity contribution < 1.29 is 9.53 Å². The number of likely N-dealkylation sites (tertiary alicyclic amines) is 1. The van der Waals surface area contributed by atoms with Crippen LogP contribution >= 0.6 is 0 Å². The fourth-order valence-electron chi connectivity index (χ4n) is 2.70. The predicted molar refractivity (Wildman–Crippen MR) is 85.7 cm³/mol. The smallest absolute Gasteiger partial charge is 0.410 e. The number of benzene rings is 1. The molecular formula is C18H27NO2. The number of nitrogens with zero attached hydrogens (tertiary/aromatic N) is 1. The van der Waals surface area contributed by atoms with Gasteiger partial charge in [-0.3, -0.25) is 0 Å². The van der Waals surface area contributed by atoms with E-state index in [0.717, 1.165) is 19.5 Å². The molecule has 3 nitrogen and oxygen atoms in total. The second-order valence-electron chi connectivity index (χ2n) is 7.24. The van der Waals surface area contributed by atoms with Crippen molar-refractivity contribution in [2.75, 3.05) is 13.1 Å². The van der Waals surface area contributed by atoms with Gasteiger partial charge in [-0.1, -0.05) is 38.1 Å². The lowest BCUT2D eigenvalue weighted by Crippen LogP contribution is -2.35. The number of hydrogen-bond donors (Lipinski definition) is 0. The molecule has 3 heteroatoms. The van der Waals surface area contributed by atoms with E-state index in [2.05, 4.69) is 38.1 Å². The van der Waals surface area contributed by atoms with Gasteiger partial charge in [-0.15, -0.1) is 0 Å². The molecule has 1 aromatic carbocycles. The molecule has 1 fully saturated rings. The summed E-state index contributed by atoms with van der Waals surface area (Å²) in [4.78, 5) is 13.9. The molecule has 1 aromatic rings. The molecular weight excluding hydrogens is 262 g/mol. The highest BCUT2D eigenvalue weighted by Gasteiger charge is 2.30. The Balaban J connectivity index is 2.02. The molecule has 21 heavy (non-hydrogen) atoms. The maximum absolute atomic E-state index is 12.1. The normalized spacial score (nSPS) is 19.1. The molecule has 116 valence electrons. The Morgan fingerprint density at radius 2 is 2.05 bits per heavy atom. The molecule has 1 saturated heterocycles. The summed E-state index contributed by atoms with van der Waals surface area (Å²) in [5, 5.41) is 0. The molecule has 0 spiro atoms. The second-order valence-corrected chi connectivity index (χ2v) is 7.24. The molecule has 0 N–H and O–H groups in total. The molecule has 0 saturated carbocycles. The Morgan fingerprint density at radius 1 is 1.33 bits per heavy atom. The number of carbonyl (C=O) groups excluding carboxylic acids is 1. The van der Waals surface area contributed by atoms with Crippen LogP contribution in [0.25, 0.3) is 0 Å². The number of ether oxygens (including phenoxy) is 1. The van der Waals surface area contributed by atoms with Crippen LogP contribution in [0.2, 0.25) is 0 Å². The largest absolute Gasteiger partial charge is 0.444 e. The lowest BCUT2D eigenvalue weighted by Gasteiger charge is -2.24. The summed E-state index contributed by atoms with van der Waals surface area (Å²) >= 11 is 0. The molecule has 0 aliphatic carbocycles. The van der Waals surface area contributed by atoms with E-state index in [1.165, 1.54) is 11.1 Å². The first kappa shape index (κ1) is 15.9. The number of hydrogen-bond acceptors (Lipinski definition) is 2. The Hall–Kier alpha value is -1.51. The van der Waals surface area contributed by atoms with Crippen LogP contribution < -0.4 is 0 Å². The van der Waals surface area contributed by atoms with Crippen LogP contribution in [0, 0.1) is 0 Å². The highest BCUT2D eigenvalue weighted by atomic mass is 16.6. The van der Waals surface area contributed by atoms with Crippen LogP contribution in [0.15, 0.2) is 24.3 Å². The van der Waals surface area contributed by atoms with Gasteiger partial charge >= 0.3 is 6.09 Å². The van der Waals surface area contributed by atoms with E-state index in [-0.39, 0.29) is 6.09 Å². The van der Waals surface area contributed by atoms with Crippen LogP contribution in [0.4, 0.5) is 4.79 Å². The predicted octanol–water partition coefficient (Wildman–Crippen LogP) is 4.53. The zero-order chi connectivity index (χ0) is 15.6. The minimum atomic E-state index is -0.424. The molecule has 0 aromatic heterocycles. The Kier molecular flexibility index (Phi) is 4.60. The first-order valence-electron chi connectivity index (χ1n) is 7.84. The van der Waals surface area contributed by atoms with Gasteiger partial charge in [0.25, 0.3) is 0 Å². The SMILES string of the molecule is CC(C)c1cccc(C2CCN(C(=O)OC(C)(C)C)C2)c1. The molecule has 0 bridgehead atoms. The summed E-state index contributed by atoms with van der Waals surface area (Å²) in [6, 6.07) is 8.76. The van der Waals surface area contributed by atoms with E-state index >= 15 is 0 Å². The summed E-state index contributed by atoms with van der Waals surface area (Å²) in [6.07, 6.45) is 0.825. The minimum Gasteiger partial charge on any atom is -0.444 e. The van der Waals surface area contributed by atoms with Crippen LogP contribution in [0.3, 0.4) is 0 Å². The third kappa shape index (κ3) is 4.23. The standard InChI is InChI=1S/C18H27NO2/c1-13(2)14-7-6-8-15(11-14)16-9-10-19(12-16)17(20)21-18(3,4)5/h6-8,11,13,16H,9-10,12H2,1-5H3. The lowest BCUT2D eigenvalue weighted by atomic mass is 9.93. The van der Waals surface area contributed by atoms with E-state index in [9.17, 15) is 4.79 Å². The fraction of sp³-hybridized carbons (Fsp3) is 0.611. The summed E-state index contributed by atoms with van der Waals surface area (Å²) in [5.74, 6) is 0.963. The van der Waals surface area contributed by atoms with Gasteiger partial charge in [0.2, 0.25) is 0 Å². The van der Waals surface area contributed by atoms with Crippen molar-refractivity contribution in [1.29, 1.82) is 0 Å². The first-order chi connectivity index (χ1) is 9.76. The summed E-state index contributed by atoms with van der Waals surface area (Å²) in [5.41, 5.74) is 2.28. The van der Waals surface area contributed by atoms with Crippen LogP contribution in [0.5, 0.6) is 0 Å². The lowest BCUT2D eigenvalue weighted by molar-refractivity contribution is 0.0292. The Morgan fingerprint density at radius 3 is 2.67 bits per heavy atom. The zero-order valence-corrected chi connectivity index (χ0v) is 13.8. The van der Waals surface area contributed by atoms with Crippen molar-refractivity contribution >= 4 is 6.09 Å². The van der Waals surface area contributed by atoms with Gasteiger partial charge in [-0.2, -0.15) is 0 Å².